The third-order valence-corrected chi connectivity index (χ3v) is 3.49. The van der Waals surface area contributed by atoms with Crippen molar-refractivity contribution >= 4 is 17.3 Å². The van der Waals surface area contributed by atoms with Crippen LogP contribution in [0.2, 0.25) is 0 Å². The van der Waals surface area contributed by atoms with Crippen LogP contribution in [0.1, 0.15) is 29.9 Å². The Morgan fingerprint density at radius 3 is 2.32 bits per heavy atom. The predicted molar refractivity (Wildman–Crippen MR) is 89.8 cm³/mol. The van der Waals surface area contributed by atoms with Gasteiger partial charge in [-0.3, -0.25) is 9.59 Å². The molecule has 0 saturated carbocycles. The number of carbonyl (C=O) groups is 1. The average Bonchev–Trinajstić information content (AvgIpc) is 2.49. The molecule has 0 aliphatic heterocycles. The molecule has 0 spiro atoms. The lowest BCUT2D eigenvalue weighted by molar-refractivity contribution is 0.102. The van der Waals surface area contributed by atoms with Crippen molar-refractivity contribution in [2.45, 2.75) is 20.8 Å². The fourth-order valence-corrected chi connectivity index (χ4v) is 2.36. The highest BCUT2D eigenvalue weighted by atomic mass is 16.2. The molecule has 0 aliphatic carbocycles. The Kier molecular flexibility index (Phi) is 4.99. The standard InChI is InChI=1S/C17H21N3O2/c1-4-20(5-2)15-8-6-14(7-9-15)19-17(22)13-10-12(3)18-16(21)11-13/h6-11H,4-5H2,1-3H3,(H,18,21)(H,19,22). The second-order valence-corrected chi connectivity index (χ2v) is 5.09. The third-order valence-electron chi connectivity index (χ3n) is 3.49. The SMILES string of the molecule is CCN(CC)c1ccc(NC(=O)c2cc(C)[nH]c(=O)c2)cc1. The molecule has 2 N–H and O–H groups in total. The van der Waals surface area contributed by atoms with Gasteiger partial charge in [-0.05, 0) is 51.1 Å². The number of aromatic nitrogens is 1. The monoisotopic (exact) mass is 299 g/mol. The summed E-state index contributed by atoms with van der Waals surface area (Å²) in [6.45, 7) is 7.84. The topological polar surface area (TPSA) is 65.2 Å². The number of nitrogens with one attached hydrogen (secondary N) is 2. The van der Waals surface area contributed by atoms with Crippen molar-refractivity contribution in [1.82, 2.24) is 4.98 Å². The van der Waals surface area contributed by atoms with Crippen LogP contribution in [-0.2, 0) is 0 Å². The molecule has 1 amide bonds. The minimum Gasteiger partial charge on any atom is -0.372 e. The fraction of sp³-hybridized carbons (Fsp3) is 0.294. The smallest absolute Gasteiger partial charge is 0.255 e. The highest BCUT2D eigenvalue weighted by Crippen LogP contribution is 2.18. The van der Waals surface area contributed by atoms with Crippen LogP contribution >= 0.6 is 0 Å². The van der Waals surface area contributed by atoms with Gasteiger partial charge in [-0.25, -0.2) is 0 Å². The van der Waals surface area contributed by atoms with Gasteiger partial charge in [0.25, 0.3) is 5.91 Å². The second-order valence-electron chi connectivity index (χ2n) is 5.09. The molecule has 0 fully saturated rings. The summed E-state index contributed by atoms with van der Waals surface area (Å²) in [6, 6.07) is 10.6. The maximum absolute atomic E-state index is 12.2. The molecule has 2 aromatic rings. The van der Waals surface area contributed by atoms with E-state index in [4.69, 9.17) is 0 Å². The van der Waals surface area contributed by atoms with Crippen LogP contribution in [0.15, 0.2) is 41.2 Å². The van der Waals surface area contributed by atoms with E-state index in [1.807, 2.05) is 24.3 Å². The molecule has 0 aliphatic rings. The maximum atomic E-state index is 12.2. The zero-order valence-electron chi connectivity index (χ0n) is 13.1. The van der Waals surface area contributed by atoms with E-state index in [1.54, 1.807) is 13.0 Å². The quantitative estimate of drug-likeness (QED) is 0.892. The Labute approximate surface area is 130 Å². The van der Waals surface area contributed by atoms with Crippen molar-refractivity contribution in [1.29, 1.82) is 0 Å². The number of carbonyl (C=O) groups excluding carboxylic acids is 1. The minimum absolute atomic E-state index is 0.276. The van der Waals surface area contributed by atoms with E-state index in [2.05, 4.69) is 29.0 Å². The predicted octanol–water partition coefficient (Wildman–Crippen LogP) is 2.78. The van der Waals surface area contributed by atoms with Crippen molar-refractivity contribution in [2.24, 2.45) is 0 Å². The van der Waals surface area contributed by atoms with E-state index >= 15 is 0 Å². The molecule has 0 unspecified atom stereocenters. The molecule has 0 radical (unpaired) electrons. The molecular formula is C17H21N3O2. The molecule has 22 heavy (non-hydrogen) atoms. The highest BCUT2D eigenvalue weighted by molar-refractivity contribution is 6.04. The van der Waals surface area contributed by atoms with E-state index in [0.29, 0.717) is 16.9 Å². The summed E-state index contributed by atoms with van der Waals surface area (Å²) >= 11 is 0. The average molecular weight is 299 g/mol. The largest absolute Gasteiger partial charge is 0.372 e. The Morgan fingerprint density at radius 1 is 1.14 bits per heavy atom. The van der Waals surface area contributed by atoms with Crippen LogP contribution in [-0.4, -0.2) is 24.0 Å². The Morgan fingerprint density at radius 2 is 1.77 bits per heavy atom. The van der Waals surface area contributed by atoms with E-state index < -0.39 is 0 Å². The first kappa shape index (κ1) is 15.8. The Bertz CT molecular complexity index is 701. The minimum atomic E-state index is -0.287. The van der Waals surface area contributed by atoms with E-state index in [9.17, 15) is 9.59 Å². The molecule has 116 valence electrons. The van der Waals surface area contributed by atoms with Gasteiger partial charge in [-0.1, -0.05) is 0 Å². The number of H-pyrrole nitrogens is 1. The number of hydrogen-bond donors (Lipinski definition) is 2. The number of pyridine rings is 1. The van der Waals surface area contributed by atoms with Crippen LogP contribution in [0.4, 0.5) is 11.4 Å². The number of rotatable bonds is 5. The van der Waals surface area contributed by atoms with Crippen molar-refractivity contribution in [2.75, 3.05) is 23.3 Å². The van der Waals surface area contributed by atoms with Crippen molar-refractivity contribution in [3.63, 3.8) is 0 Å². The first-order valence-electron chi connectivity index (χ1n) is 7.40. The number of amides is 1. The van der Waals surface area contributed by atoms with Gasteiger partial charge in [0.1, 0.15) is 0 Å². The summed E-state index contributed by atoms with van der Waals surface area (Å²) in [4.78, 5) is 28.4. The summed E-state index contributed by atoms with van der Waals surface area (Å²) in [5.74, 6) is -0.287. The first-order valence-corrected chi connectivity index (χ1v) is 7.40. The zero-order valence-corrected chi connectivity index (χ0v) is 13.1. The van der Waals surface area contributed by atoms with E-state index in [-0.39, 0.29) is 11.5 Å². The summed E-state index contributed by atoms with van der Waals surface area (Å²) in [5, 5.41) is 2.80. The molecule has 0 saturated heterocycles. The van der Waals surface area contributed by atoms with Crippen LogP contribution in [0.3, 0.4) is 0 Å². The second kappa shape index (κ2) is 6.93. The van der Waals surface area contributed by atoms with Gasteiger partial charge >= 0.3 is 0 Å². The van der Waals surface area contributed by atoms with E-state index in [1.165, 1.54) is 6.07 Å². The van der Waals surface area contributed by atoms with Gasteiger partial charge in [0.05, 0.1) is 0 Å². The van der Waals surface area contributed by atoms with Crippen LogP contribution in [0, 0.1) is 6.92 Å². The van der Waals surface area contributed by atoms with Gasteiger partial charge in [0.15, 0.2) is 0 Å². The van der Waals surface area contributed by atoms with Crippen LogP contribution in [0.25, 0.3) is 0 Å². The lowest BCUT2D eigenvalue weighted by Gasteiger charge is -2.21. The first-order chi connectivity index (χ1) is 10.5. The van der Waals surface area contributed by atoms with Gasteiger partial charge in [-0.2, -0.15) is 0 Å². The summed E-state index contributed by atoms with van der Waals surface area (Å²) in [5.41, 5.74) is 2.57. The molecule has 1 heterocycles. The molecule has 0 atom stereocenters. The molecule has 0 bridgehead atoms. The normalized spacial score (nSPS) is 10.3. The Hall–Kier alpha value is -2.56. The Balaban J connectivity index is 2.13. The number of hydrogen-bond acceptors (Lipinski definition) is 3. The number of nitrogens with zero attached hydrogens (tertiary/aromatic N) is 1. The molecule has 1 aromatic carbocycles. The number of aryl methyl sites for hydroxylation is 1. The maximum Gasteiger partial charge on any atom is 0.255 e. The van der Waals surface area contributed by atoms with Crippen LogP contribution in [0.5, 0.6) is 0 Å². The fourth-order valence-electron chi connectivity index (χ4n) is 2.36. The van der Waals surface area contributed by atoms with Gasteiger partial charge in [0, 0.05) is 41.8 Å². The van der Waals surface area contributed by atoms with Crippen molar-refractivity contribution in [3.05, 3.63) is 58.0 Å². The lowest BCUT2D eigenvalue weighted by Crippen LogP contribution is -2.21. The summed E-state index contributed by atoms with van der Waals surface area (Å²) < 4.78 is 0. The molecular weight excluding hydrogens is 278 g/mol. The van der Waals surface area contributed by atoms with Crippen LogP contribution < -0.4 is 15.8 Å². The highest BCUT2D eigenvalue weighted by Gasteiger charge is 2.08. The van der Waals surface area contributed by atoms with Crippen molar-refractivity contribution in [3.8, 4) is 0 Å². The number of benzene rings is 1. The number of anilines is 2. The molecule has 2 rings (SSSR count). The molecule has 5 nitrogen and oxygen atoms in total. The number of aromatic amines is 1. The van der Waals surface area contributed by atoms with E-state index in [0.717, 1.165) is 18.8 Å². The summed E-state index contributed by atoms with van der Waals surface area (Å²) in [7, 11) is 0. The molecule has 5 heteroatoms. The summed E-state index contributed by atoms with van der Waals surface area (Å²) in [6.07, 6.45) is 0. The van der Waals surface area contributed by atoms with Gasteiger partial charge < -0.3 is 15.2 Å². The third kappa shape index (κ3) is 3.75. The van der Waals surface area contributed by atoms with Gasteiger partial charge in [-0.15, -0.1) is 0 Å². The molecule has 1 aromatic heterocycles. The zero-order chi connectivity index (χ0) is 16.1. The lowest BCUT2D eigenvalue weighted by atomic mass is 10.2. The van der Waals surface area contributed by atoms with Gasteiger partial charge in [0.2, 0.25) is 5.56 Å². The van der Waals surface area contributed by atoms with Crippen molar-refractivity contribution < 1.29 is 4.79 Å².